The van der Waals surface area contributed by atoms with Crippen LogP contribution in [0.25, 0.3) is 17.0 Å². The third-order valence-corrected chi connectivity index (χ3v) is 7.91. The van der Waals surface area contributed by atoms with Crippen molar-refractivity contribution in [3.05, 3.63) is 69.2 Å². The molecule has 3 aromatic rings. The molecule has 12 heteroatoms. The Labute approximate surface area is 225 Å². The van der Waals surface area contributed by atoms with Gasteiger partial charge in [-0.3, -0.25) is 24.1 Å². The van der Waals surface area contributed by atoms with Crippen LogP contribution < -0.4 is 0 Å². The van der Waals surface area contributed by atoms with Crippen molar-refractivity contribution < 1.29 is 27.2 Å². The van der Waals surface area contributed by atoms with Gasteiger partial charge in [0.1, 0.15) is 6.17 Å². The number of hydrogen-bond donors (Lipinski definition) is 0. The Morgan fingerprint density at radius 3 is 2.61 bits per heavy atom. The molecule has 2 aliphatic rings. The first-order valence-electron chi connectivity index (χ1n) is 11.9. The molecule has 1 aromatic heterocycles. The van der Waals surface area contributed by atoms with Crippen LogP contribution in [0.3, 0.4) is 0 Å². The zero-order valence-electron chi connectivity index (χ0n) is 20.4. The predicted octanol–water partition coefficient (Wildman–Crippen LogP) is 6.22. The van der Waals surface area contributed by atoms with Crippen LogP contribution in [0.15, 0.2) is 47.5 Å². The highest BCUT2D eigenvalue weighted by atomic mass is 35.5. The molecular formula is C26H23ClF4N4O2S. The molecule has 2 amide bonds. The SMILES string of the molecule is CC(C)N1CC(N2C(=O)S/C(=C\c3ccc4c(cnn4Cc4ccc(Cl)cc4C(F)(F)F)c3)C2=O)[C@@H](F)C1. The number of thioether (sulfide) groups is 1. The van der Waals surface area contributed by atoms with Gasteiger partial charge in [0.2, 0.25) is 0 Å². The molecule has 0 aliphatic carbocycles. The van der Waals surface area contributed by atoms with Crippen molar-refractivity contribution in [2.24, 2.45) is 0 Å². The Hall–Kier alpha value is -2.89. The van der Waals surface area contributed by atoms with Gasteiger partial charge in [-0.25, -0.2) is 4.39 Å². The maximum absolute atomic E-state index is 14.7. The molecule has 200 valence electrons. The number of aromatic nitrogens is 2. The predicted molar refractivity (Wildman–Crippen MR) is 138 cm³/mol. The minimum atomic E-state index is -4.56. The van der Waals surface area contributed by atoms with Crippen molar-refractivity contribution in [2.45, 2.75) is 44.8 Å². The van der Waals surface area contributed by atoms with Crippen molar-refractivity contribution in [2.75, 3.05) is 13.1 Å². The summed E-state index contributed by atoms with van der Waals surface area (Å²) in [6.07, 6.45) is -2.79. The fraction of sp³-hybridized carbons (Fsp3) is 0.346. The largest absolute Gasteiger partial charge is 0.416 e. The standard InChI is InChI=1S/C26H23ClF4N4O2S/c1-14(2)33-12-20(28)22(13-33)35-24(36)23(38-25(35)37)8-15-3-6-21-17(7-15)10-32-34(21)11-16-4-5-18(27)9-19(16)26(29,30)31/h3-10,14,20,22H,11-13H2,1-2H3/b23-8-/t20-,22?/m0/s1. The van der Waals surface area contributed by atoms with Crippen LogP contribution in [0, 0.1) is 0 Å². The first kappa shape index (κ1) is 26.7. The summed E-state index contributed by atoms with van der Waals surface area (Å²) in [7, 11) is 0. The fourth-order valence-electron chi connectivity index (χ4n) is 4.79. The van der Waals surface area contributed by atoms with Gasteiger partial charge in [-0.2, -0.15) is 18.3 Å². The molecule has 0 spiro atoms. The second-order valence-electron chi connectivity index (χ2n) is 9.60. The maximum atomic E-state index is 14.7. The molecular weight excluding hydrogens is 544 g/mol. The number of likely N-dealkylation sites (tertiary alicyclic amines) is 1. The number of imide groups is 1. The lowest BCUT2D eigenvalue weighted by Crippen LogP contribution is -2.44. The number of hydrogen-bond acceptors (Lipinski definition) is 5. The minimum Gasteiger partial charge on any atom is -0.296 e. The smallest absolute Gasteiger partial charge is 0.296 e. The second kappa shape index (κ2) is 10.0. The Bertz CT molecular complexity index is 1450. The second-order valence-corrected chi connectivity index (χ2v) is 11.0. The molecule has 0 saturated carbocycles. The molecule has 2 saturated heterocycles. The van der Waals surface area contributed by atoms with E-state index < -0.39 is 35.1 Å². The number of benzene rings is 2. The van der Waals surface area contributed by atoms with E-state index in [2.05, 4.69) is 5.10 Å². The maximum Gasteiger partial charge on any atom is 0.416 e. The Morgan fingerprint density at radius 1 is 1.16 bits per heavy atom. The molecule has 0 N–H and O–H groups in total. The molecule has 6 nitrogen and oxygen atoms in total. The first-order valence-corrected chi connectivity index (χ1v) is 13.1. The summed E-state index contributed by atoms with van der Waals surface area (Å²) in [5, 5.41) is 4.38. The van der Waals surface area contributed by atoms with Gasteiger partial charge in [-0.1, -0.05) is 23.7 Å². The highest BCUT2D eigenvalue weighted by Crippen LogP contribution is 2.37. The number of fused-ring (bicyclic) bond motifs is 1. The first-order chi connectivity index (χ1) is 17.9. The van der Waals surface area contributed by atoms with Crippen molar-refractivity contribution in [1.29, 1.82) is 0 Å². The van der Waals surface area contributed by atoms with E-state index >= 15 is 0 Å². The van der Waals surface area contributed by atoms with E-state index in [0.717, 1.165) is 22.7 Å². The van der Waals surface area contributed by atoms with Crippen LogP contribution in [0.4, 0.5) is 22.4 Å². The summed E-state index contributed by atoms with van der Waals surface area (Å²) in [5.41, 5.74) is 0.407. The molecule has 1 unspecified atom stereocenters. The highest BCUT2D eigenvalue weighted by Gasteiger charge is 2.47. The van der Waals surface area contributed by atoms with E-state index in [4.69, 9.17) is 11.6 Å². The lowest BCUT2D eigenvalue weighted by molar-refractivity contribution is -0.138. The van der Waals surface area contributed by atoms with Gasteiger partial charge < -0.3 is 0 Å². The van der Waals surface area contributed by atoms with Gasteiger partial charge in [0.15, 0.2) is 0 Å². The van der Waals surface area contributed by atoms with Crippen molar-refractivity contribution in [1.82, 2.24) is 19.6 Å². The van der Waals surface area contributed by atoms with Gasteiger partial charge >= 0.3 is 6.18 Å². The zero-order valence-corrected chi connectivity index (χ0v) is 21.9. The lowest BCUT2D eigenvalue weighted by atomic mass is 10.1. The molecule has 38 heavy (non-hydrogen) atoms. The zero-order chi connectivity index (χ0) is 27.4. The van der Waals surface area contributed by atoms with Crippen LogP contribution in [0.5, 0.6) is 0 Å². The third-order valence-electron chi connectivity index (χ3n) is 6.79. The van der Waals surface area contributed by atoms with E-state index in [1.165, 1.54) is 23.0 Å². The Balaban J connectivity index is 1.38. The van der Waals surface area contributed by atoms with Crippen LogP contribution in [-0.2, 0) is 17.5 Å². The Morgan fingerprint density at radius 2 is 1.92 bits per heavy atom. The number of carbonyl (C=O) groups excluding carboxylic acids is 2. The molecule has 2 aliphatic heterocycles. The summed E-state index contributed by atoms with van der Waals surface area (Å²) < 4.78 is 56.7. The van der Waals surface area contributed by atoms with Crippen LogP contribution in [-0.4, -0.2) is 62.1 Å². The molecule has 0 bridgehead atoms. The van der Waals surface area contributed by atoms with Gasteiger partial charge in [0.05, 0.1) is 34.8 Å². The number of amides is 2. The molecule has 2 aromatic carbocycles. The molecule has 0 radical (unpaired) electrons. The van der Waals surface area contributed by atoms with E-state index in [-0.39, 0.29) is 34.6 Å². The normalized spacial score (nSPS) is 22.1. The molecule has 5 rings (SSSR count). The van der Waals surface area contributed by atoms with Gasteiger partial charge in [0.25, 0.3) is 11.1 Å². The average molecular weight is 567 g/mol. The summed E-state index contributed by atoms with van der Waals surface area (Å²) >= 11 is 6.55. The van der Waals surface area contributed by atoms with Crippen molar-refractivity contribution in [3.63, 3.8) is 0 Å². The number of nitrogens with zero attached hydrogens (tertiary/aromatic N) is 4. The number of rotatable bonds is 5. The number of alkyl halides is 4. The third kappa shape index (κ3) is 5.06. The highest BCUT2D eigenvalue weighted by molar-refractivity contribution is 8.18. The fourth-order valence-corrected chi connectivity index (χ4v) is 5.85. The molecule has 3 heterocycles. The monoisotopic (exact) mass is 566 g/mol. The van der Waals surface area contributed by atoms with E-state index in [9.17, 15) is 27.2 Å². The van der Waals surface area contributed by atoms with Gasteiger partial charge in [-0.05, 0) is 67.1 Å². The average Bonchev–Trinajstić information content (AvgIpc) is 3.50. The number of carbonyl (C=O) groups is 2. The minimum absolute atomic E-state index is 0.00679. The van der Waals surface area contributed by atoms with E-state index in [1.807, 2.05) is 18.7 Å². The quantitative estimate of drug-likeness (QED) is 0.271. The van der Waals surface area contributed by atoms with Crippen molar-refractivity contribution >= 4 is 51.5 Å². The molecule has 2 fully saturated rings. The molecule has 2 atom stereocenters. The van der Waals surface area contributed by atoms with Crippen molar-refractivity contribution in [3.8, 4) is 0 Å². The Kier molecular flexibility index (Phi) is 7.04. The van der Waals surface area contributed by atoms with E-state index in [0.29, 0.717) is 23.0 Å². The lowest BCUT2D eigenvalue weighted by Gasteiger charge is -2.23. The van der Waals surface area contributed by atoms with Gasteiger partial charge in [0, 0.05) is 29.5 Å². The summed E-state index contributed by atoms with van der Waals surface area (Å²) in [4.78, 5) is 28.8. The van der Waals surface area contributed by atoms with E-state index in [1.54, 1.807) is 24.3 Å². The number of halogens is 5. The summed E-state index contributed by atoms with van der Waals surface area (Å²) in [5.74, 6) is -0.531. The van der Waals surface area contributed by atoms with Crippen LogP contribution in [0.2, 0.25) is 5.02 Å². The summed E-state index contributed by atoms with van der Waals surface area (Å²) in [6.45, 7) is 4.22. The summed E-state index contributed by atoms with van der Waals surface area (Å²) in [6, 6.07) is 8.01. The van der Waals surface area contributed by atoms with Crippen LogP contribution >= 0.6 is 23.4 Å². The topological polar surface area (TPSA) is 58.4 Å². The van der Waals surface area contributed by atoms with Crippen LogP contribution in [0.1, 0.15) is 30.5 Å². The van der Waals surface area contributed by atoms with Gasteiger partial charge in [-0.15, -0.1) is 0 Å².